The van der Waals surface area contributed by atoms with Crippen LogP contribution in [-0.4, -0.2) is 14.8 Å². The summed E-state index contributed by atoms with van der Waals surface area (Å²) in [7, 11) is 0. The fourth-order valence-corrected chi connectivity index (χ4v) is 2.88. The van der Waals surface area contributed by atoms with E-state index in [0.717, 1.165) is 22.2 Å². The third-order valence-corrected chi connectivity index (χ3v) is 4.18. The van der Waals surface area contributed by atoms with E-state index in [-0.39, 0.29) is 4.77 Å². The Morgan fingerprint density at radius 2 is 1.83 bits per heavy atom. The standard InChI is InChI=1S/C15H9BrF3N3S/c16-12-7-2-1-6-11(12)13-20-21-14(23)22(13)10-5-3-4-9(8-10)15(17,18)19/h1-8H,(H,21,23). The van der Waals surface area contributed by atoms with E-state index < -0.39 is 11.7 Å². The van der Waals surface area contributed by atoms with Gasteiger partial charge in [-0.15, -0.1) is 0 Å². The van der Waals surface area contributed by atoms with Crippen LogP contribution in [-0.2, 0) is 6.18 Å². The molecule has 3 nitrogen and oxygen atoms in total. The lowest BCUT2D eigenvalue weighted by atomic mass is 10.1. The molecule has 2 aromatic carbocycles. The van der Waals surface area contributed by atoms with Crippen LogP contribution in [0.1, 0.15) is 5.56 Å². The maximum Gasteiger partial charge on any atom is 0.416 e. The molecular formula is C15H9BrF3N3S. The first-order valence-corrected chi connectivity index (χ1v) is 7.68. The fraction of sp³-hybridized carbons (Fsp3) is 0.0667. The fourth-order valence-electron chi connectivity index (χ4n) is 2.18. The van der Waals surface area contributed by atoms with Crippen LogP contribution in [0.4, 0.5) is 13.2 Å². The van der Waals surface area contributed by atoms with Gasteiger partial charge in [-0.25, -0.2) is 0 Å². The molecule has 0 spiro atoms. The molecule has 0 aliphatic rings. The van der Waals surface area contributed by atoms with Crippen molar-refractivity contribution < 1.29 is 13.2 Å². The molecule has 0 unspecified atom stereocenters. The highest BCUT2D eigenvalue weighted by Gasteiger charge is 2.30. The average Bonchev–Trinajstić information content (AvgIpc) is 2.88. The summed E-state index contributed by atoms with van der Waals surface area (Å²) in [4.78, 5) is 0. The van der Waals surface area contributed by atoms with Crippen molar-refractivity contribution in [3.05, 3.63) is 63.3 Å². The minimum atomic E-state index is -4.42. The summed E-state index contributed by atoms with van der Waals surface area (Å²) in [6.07, 6.45) is -4.42. The van der Waals surface area contributed by atoms with Crippen LogP contribution in [0, 0.1) is 4.77 Å². The van der Waals surface area contributed by atoms with Gasteiger partial charge in [-0.05, 0) is 36.5 Å². The molecule has 0 saturated heterocycles. The van der Waals surface area contributed by atoms with Crippen molar-refractivity contribution in [1.29, 1.82) is 0 Å². The van der Waals surface area contributed by atoms with Gasteiger partial charge >= 0.3 is 6.18 Å². The van der Waals surface area contributed by atoms with Crippen molar-refractivity contribution in [1.82, 2.24) is 14.8 Å². The second-order valence-electron chi connectivity index (χ2n) is 4.72. The van der Waals surface area contributed by atoms with Gasteiger partial charge in [-0.3, -0.25) is 9.67 Å². The van der Waals surface area contributed by atoms with Gasteiger partial charge in [0.1, 0.15) is 0 Å². The van der Waals surface area contributed by atoms with Crippen LogP contribution in [0.25, 0.3) is 17.1 Å². The summed E-state index contributed by atoms with van der Waals surface area (Å²) in [5.74, 6) is 0.432. The van der Waals surface area contributed by atoms with Gasteiger partial charge < -0.3 is 0 Å². The van der Waals surface area contributed by atoms with Gasteiger partial charge in [-0.1, -0.05) is 40.2 Å². The second-order valence-corrected chi connectivity index (χ2v) is 5.96. The van der Waals surface area contributed by atoms with E-state index in [9.17, 15) is 13.2 Å². The molecule has 1 heterocycles. The molecule has 0 amide bonds. The van der Waals surface area contributed by atoms with Crippen molar-refractivity contribution in [2.75, 3.05) is 0 Å². The molecule has 1 aromatic heterocycles. The average molecular weight is 400 g/mol. The van der Waals surface area contributed by atoms with Gasteiger partial charge in [0.15, 0.2) is 10.6 Å². The Balaban J connectivity index is 2.21. The Kier molecular flexibility index (Phi) is 4.11. The predicted molar refractivity (Wildman–Crippen MR) is 86.9 cm³/mol. The minimum absolute atomic E-state index is 0.218. The number of nitrogens with one attached hydrogen (secondary N) is 1. The second kappa shape index (κ2) is 5.93. The predicted octanol–water partition coefficient (Wildman–Crippen LogP) is 5.38. The minimum Gasteiger partial charge on any atom is -0.268 e. The monoisotopic (exact) mass is 399 g/mol. The molecule has 3 rings (SSSR count). The largest absolute Gasteiger partial charge is 0.416 e. The van der Waals surface area contributed by atoms with Crippen LogP contribution in [0.2, 0.25) is 0 Å². The van der Waals surface area contributed by atoms with Gasteiger partial charge in [0.05, 0.1) is 11.3 Å². The first kappa shape index (κ1) is 15.9. The first-order valence-electron chi connectivity index (χ1n) is 6.48. The third kappa shape index (κ3) is 3.09. The number of rotatable bonds is 2. The Bertz CT molecular complexity index is 915. The SMILES string of the molecule is FC(F)(F)c1cccc(-n2c(-c3ccccc3Br)n[nH]c2=S)c1. The van der Waals surface area contributed by atoms with Crippen molar-refractivity contribution in [2.45, 2.75) is 6.18 Å². The zero-order chi connectivity index (χ0) is 16.6. The lowest BCUT2D eigenvalue weighted by molar-refractivity contribution is -0.137. The Labute approximate surface area is 142 Å². The summed E-state index contributed by atoms with van der Waals surface area (Å²) in [5, 5.41) is 6.78. The highest BCUT2D eigenvalue weighted by atomic mass is 79.9. The van der Waals surface area contributed by atoms with E-state index in [1.165, 1.54) is 10.6 Å². The van der Waals surface area contributed by atoms with E-state index >= 15 is 0 Å². The third-order valence-electron chi connectivity index (χ3n) is 3.22. The van der Waals surface area contributed by atoms with Crippen LogP contribution in [0.3, 0.4) is 0 Å². The maximum absolute atomic E-state index is 12.9. The number of aromatic amines is 1. The van der Waals surface area contributed by atoms with Crippen molar-refractivity contribution in [3.63, 3.8) is 0 Å². The quantitative estimate of drug-likeness (QED) is 0.587. The summed E-state index contributed by atoms with van der Waals surface area (Å²) in [5.41, 5.74) is 0.276. The van der Waals surface area contributed by atoms with Crippen LogP contribution in [0.5, 0.6) is 0 Å². The van der Waals surface area contributed by atoms with Gasteiger partial charge in [0.25, 0.3) is 0 Å². The number of hydrogen-bond donors (Lipinski definition) is 1. The normalized spacial score (nSPS) is 11.7. The highest BCUT2D eigenvalue weighted by molar-refractivity contribution is 9.10. The Morgan fingerprint density at radius 3 is 2.52 bits per heavy atom. The molecule has 118 valence electrons. The Hall–Kier alpha value is -1.93. The van der Waals surface area contributed by atoms with Gasteiger partial charge in [0, 0.05) is 10.0 Å². The molecule has 0 aliphatic carbocycles. The topological polar surface area (TPSA) is 33.6 Å². The van der Waals surface area contributed by atoms with Gasteiger partial charge in [0.2, 0.25) is 0 Å². The molecular weight excluding hydrogens is 391 g/mol. The van der Waals surface area contributed by atoms with Crippen molar-refractivity contribution >= 4 is 28.1 Å². The first-order chi connectivity index (χ1) is 10.9. The molecule has 0 bridgehead atoms. The summed E-state index contributed by atoms with van der Waals surface area (Å²) < 4.78 is 41.3. The van der Waals surface area contributed by atoms with Crippen molar-refractivity contribution in [2.24, 2.45) is 0 Å². The smallest absolute Gasteiger partial charge is 0.268 e. The zero-order valence-corrected chi connectivity index (χ0v) is 13.8. The number of halogens is 4. The number of nitrogens with zero attached hydrogens (tertiary/aromatic N) is 2. The summed E-state index contributed by atoms with van der Waals surface area (Å²) in [6, 6.07) is 12.2. The molecule has 1 N–H and O–H groups in total. The molecule has 0 aliphatic heterocycles. The lowest BCUT2D eigenvalue weighted by Gasteiger charge is -2.11. The highest BCUT2D eigenvalue weighted by Crippen LogP contribution is 2.32. The number of aromatic nitrogens is 3. The van der Waals surface area contributed by atoms with E-state index in [1.54, 1.807) is 12.1 Å². The number of benzene rings is 2. The molecule has 23 heavy (non-hydrogen) atoms. The number of hydrogen-bond acceptors (Lipinski definition) is 2. The van der Waals surface area contributed by atoms with E-state index in [0.29, 0.717) is 11.5 Å². The van der Waals surface area contributed by atoms with Crippen LogP contribution in [0.15, 0.2) is 53.0 Å². The number of alkyl halides is 3. The molecule has 0 atom stereocenters. The maximum atomic E-state index is 12.9. The zero-order valence-electron chi connectivity index (χ0n) is 11.4. The molecule has 0 saturated carbocycles. The van der Waals surface area contributed by atoms with E-state index in [1.807, 2.05) is 18.2 Å². The molecule has 3 aromatic rings. The van der Waals surface area contributed by atoms with Crippen LogP contribution >= 0.6 is 28.1 Å². The molecule has 0 radical (unpaired) electrons. The molecule has 8 heteroatoms. The number of H-pyrrole nitrogens is 1. The summed E-state index contributed by atoms with van der Waals surface area (Å²) in [6.45, 7) is 0. The van der Waals surface area contributed by atoms with E-state index in [4.69, 9.17) is 12.2 Å². The molecule has 0 fully saturated rings. The lowest BCUT2D eigenvalue weighted by Crippen LogP contribution is -2.06. The van der Waals surface area contributed by atoms with Crippen LogP contribution < -0.4 is 0 Å². The Morgan fingerprint density at radius 1 is 1.09 bits per heavy atom. The van der Waals surface area contributed by atoms with E-state index in [2.05, 4.69) is 26.1 Å². The van der Waals surface area contributed by atoms with Gasteiger partial charge in [-0.2, -0.15) is 18.3 Å². The summed E-state index contributed by atoms with van der Waals surface area (Å²) >= 11 is 8.60. The van der Waals surface area contributed by atoms with Crippen molar-refractivity contribution in [3.8, 4) is 17.1 Å².